The molecule has 0 aliphatic rings. The van der Waals surface area contributed by atoms with Gasteiger partial charge in [0.25, 0.3) is 0 Å². The molecule has 0 aliphatic carbocycles. The summed E-state index contributed by atoms with van der Waals surface area (Å²) in [6.07, 6.45) is 40.1. The number of hydrogen-bond donors (Lipinski definition) is 3. The van der Waals surface area contributed by atoms with Crippen LogP contribution in [0.15, 0.2) is 0 Å². The van der Waals surface area contributed by atoms with Gasteiger partial charge in [-0.15, -0.1) is 0 Å². The average Bonchev–Trinajstić information content (AvgIpc) is 2.99. The Bertz CT molecular complexity index is 526. The van der Waals surface area contributed by atoms with Crippen LogP contribution in [-0.2, 0) is 4.79 Å². The fourth-order valence-corrected chi connectivity index (χ4v) is 6.13. The van der Waals surface area contributed by atoms with Gasteiger partial charge in [0.1, 0.15) is 0 Å². The standard InChI is InChI=1S/C38H77NO3/c1-3-5-7-9-11-13-15-17-18-19-20-22-23-25-27-29-31-33-37(41)36(35-40)39-38(42)34-32-30-28-26-24-21-16-14-12-10-8-6-4-2/h36-37,40-41H,3-35H2,1-2H3,(H,39,42)/t36-,37+/m0/s1. The summed E-state index contributed by atoms with van der Waals surface area (Å²) < 4.78 is 0. The molecule has 0 saturated heterocycles. The highest BCUT2D eigenvalue weighted by Gasteiger charge is 2.19. The first-order valence-corrected chi connectivity index (χ1v) is 19.2. The van der Waals surface area contributed by atoms with E-state index in [1.54, 1.807) is 0 Å². The normalized spacial score (nSPS) is 13.0. The molecule has 0 fully saturated rings. The van der Waals surface area contributed by atoms with E-state index in [0.29, 0.717) is 12.8 Å². The van der Waals surface area contributed by atoms with Crippen molar-refractivity contribution in [3.63, 3.8) is 0 Å². The molecule has 252 valence electrons. The van der Waals surface area contributed by atoms with E-state index >= 15 is 0 Å². The van der Waals surface area contributed by atoms with Crippen molar-refractivity contribution in [1.82, 2.24) is 5.32 Å². The van der Waals surface area contributed by atoms with Gasteiger partial charge >= 0.3 is 0 Å². The average molecular weight is 596 g/mol. The van der Waals surface area contributed by atoms with Crippen LogP contribution >= 0.6 is 0 Å². The van der Waals surface area contributed by atoms with Crippen LogP contribution in [0.25, 0.3) is 0 Å². The lowest BCUT2D eigenvalue weighted by molar-refractivity contribution is -0.123. The lowest BCUT2D eigenvalue weighted by Crippen LogP contribution is -2.45. The molecular formula is C38H77NO3. The van der Waals surface area contributed by atoms with E-state index in [1.807, 2.05) is 0 Å². The van der Waals surface area contributed by atoms with Crippen LogP contribution in [0, 0.1) is 0 Å². The van der Waals surface area contributed by atoms with Crippen molar-refractivity contribution in [3.05, 3.63) is 0 Å². The summed E-state index contributed by atoms with van der Waals surface area (Å²) in [5.74, 6) is -0.0291. The van der Waals surface area contributed by atoms with Gasteiger partial charge in [-0.25, -0.2) is 0 Å². The maximum Gasteiger partial charge on any atom is 0.220 e. The molecule has 0 rings (SSSR count). The quantitative estimate of drug-likeness (QED) is 0.0638. The summed E-state index contributed by atoms with van der Waals surface area (Å²) in [7, 11) is 0. The zero-order chi connectivity index (χ0) is 30.8. The SMILES string of the molecule is CCCCCCCCCCCCCCCCCCC[C@@H](O)[C@H](CO)NC(=O)CCCCCCCCCCCCCCC. The fraction of sp³-hybridized carbons (Fsp3) is 0.974. The maximum absolute atomic E-state index is 12.3. The molecule has 2 atom stereocenters. The number of nitrogens with one attached hydrogen (secondary N) is 1. The first-order valence-electron chi connectivity index (χ1n) is 19.2. The van der Waals surface area contributed by atoms with E-state index in [0.717, 1.165) is 25.7 Å². The van der Waals surface area contributed by atoms with Crippen molar-refractivity contribution in [2.24, 2.45) is 0 Å². The fourth-order valence-electron chi connectivity index (χ4n) is 6.13. The van der Waals surface area contributed by atoms with Gasteiger partial charge in [-0.3, -0.25) is 4.79 Å². The predicted molar refractivity (Wildman–Crippen MR) is 184 cm³/mol. The van der Waals surface area contributed by atoms with E-state index in [1.165, 1.54) is 167 Å². The molecule has 4 heteroatoms. The summed E-state index contributed by atoms with van der Waals surface area (Å²) in [4.78, 5) is 12.3. The van der Waals surface area contributed by atoms with Crippen molar-refractivity contribution in [2.75, 3.05) is 6.61 Å². The van der Waals surface area contributed by atoms with Gasteiger partial charge in [0, 0.05) is 6.42 Å². The molecule has 0 unspecified atom stereocenters. The van der Waals surface area contributed by atoms with Gasteiger partial charge in [-0.05, 0) is 12.8 Å². The minimum atomic E-state index is -0.651. The molecule has 0 heterocycles. The van der Waals surface area contributed by atoms with Gasteiger partial charge < -0.3 is 15.5 Å². The molecule has 0 radical (unpaired) electrons. The molecule has 0 aliphatic heterocycles. The number of aliphatic hydroxyl groups is 2. The molecule has 0 aromatic carbocycles. The summed E-state index contributed by atoms with van der Waals surface area (Å²) in [5.41, 5.74) is 0. The second kappa shape index (κ2) is 34.9. The lowest BCUT2D eigenvalue weighted by atomic mass is 10.0. The van der Waals surface area contributed by atoms with Crippen molar-refractivity contribution in [2.45, 2.75) is 231 Å². The third kappa shape index (κ3) is 30.8. The number of rotatable bonds is 35. The summed E-state index contributed by atoms with van der Waals surface area (Å²) in [6.45, 7) is 4.36. The van der Waals surface area contributed by atoms with Gasteiger partial charge in [-0.1, -0.05) is 200 Å². The number of carbonyl (C=O) groups is 1. The van der Waals surface area contributed by atoms with Crippen molar-refractivity contribution in [3.8, 4) is 0 Å². The Balaban J connectivity index is 3.50. The van der Waals surface area contributed by atoms with Gasteiger partial charge in [0.15, 0.2) is 0 Å². The van der Waals surface area contributed by atoms with Crippen LogP contribution in [0.4, 0.5) is 0 Å². The number of carbonyl (C=O) groups excluding carboxylic acids is 1. The van der Waals surface area contributed by atoms with Crippen molar-refractivity contribution < 1.29 is 15.0 Å². The predicted octanol–water partition coefficient (Wildman–Crippen LogP) is 11.3. The van der Waals surface area contributed by atoms with E-state index < -0.39 is 12.1 Å². The Morgan fingerprint density at radius 2 is 0.762 bits per heavy atom. The molecule has 1 amide bonds. The van der Waals surface area contributed by atoms with Crippen LogP contribution in [0.3, 0.4) is 0 Å². The molecule has 0 spiro atoms. The Labute approximate surface area is 264 Å². The highest BCUT2D eigenvalue weighted by atomic mass is 16.3. The van der Waals surface area contributed by atoms with Gasteiger partial charge in [-0.2, -0.15) is 0 Å². The first-order chi connectivity index (χ1) is 20.7. The Hall–Kier alpha value is -0.610. The second-order valence-corrected chi connectivity index (χ2v) is 13.4. The molecule has 0 bridgehead atoms. The lowest BCUT2D eigenvalue weighted by Gasteiger charge is -2.22. The molecule has 0 aromatic heterocycles. The molecule has 0 saturated carbocycles. The van der Waals surface area contributed by atoms with E-state index in [9.17, 15) is 15.0 Å². The van der Waals surface area contributed by atoms with E-state index in [2.05, 4.69) is 19.2 Å². The highest BCUT2D eigenvalue weighted by Crippen LogP contribution is 2.16. The van der Waals surface area contributed by atoms with Crippen LogP contribution in [-0.4, -0.2) is 34.9 Å². The van der Waals surface area contributed by atoms with Crippen molar-refractivity contribution >= 4 is 5.91 Å². The number of hydrogen-bond acceptors (Lipinski definition) is 3. The molecular weight excluding hydrogens is 518 g/mol. The van der Waals surface area contributed by atoms with Crippen molar-refractivity contribution in [1.29, 1.82) is 0 Å². The number of unbranched alkanes of at least 4 members (excludes halogenated alkanes) is 28. The highest BCUT2D eigenvalue weighted by molar-refractivity contribution is 5.76. The second-order valence-electron chi connectivity index (χ2n) is 13.4. The van der Waals surface area contributed by atoms with Gasteiger partial charge in [0.2, 0.25) is 5.91 Å². The summed E-state index contributed by atoms with van der Waals surface area (Å²) >= 11 is 0. The van der Waals surface area contributed by atoms with E-state index in [4.69, 9.17) is 0 Å². The smallest absolute Gasteiger partial charge is 0.220 e. The maximum atomic E-state index is 12.3. The molecule has 3 N–H and O–H groups in total. The zero-order valence-electron chi connectivity index (χ0n) is 28.8. The molecule has 0 aromatic rings. The Morgan fingerprint density at radius 1 is 0.476 bits per heavy atom. The monoisotopic (exact) mass is 596 g/mol. The minimum Gasteiger partial charge on any atom is -0.394 e. The first kappa shape index (κ1) is 41.4. The molecule has 42 heavy (non-hydrogen) atoms. The Kier molecular flexibility index (Phi) is 34.4. The molecule has 4 nitrogen and oxygen atoms in total. The van der Waals surface area contributed by atoms with Crippen LogP contribution in [0.5, 0.6) is 0 Å². The largest absolute Gasteiger partial charge is 0.394 e. The summed E-state index contributed by atoms with van der Waals surface area (Å²) in [5, 5.41) is 23.1. The Morgan fingerprint density at radius 3 is 1.07 bits per heavy atom. The van der Waals surface area contributed by atoms with Crippen LogP contribution in [0.2, 0.25) is 0 Å². The van der Waals surface area contributed by atoms with E-state index in [-0.39, 0.29) is 12.5 Å². The van der Waals surface area contributed by atoms with Gasteiger partial charge in [0.05, 0.1) is 18.8 Å². The number of amides is 1. The third-order valence-corrected chi connectivity index (χ3v) is 9.12. The van der Waals surface area contributed by atoms with Crippen LogP contribution < -0.4 is 5.32 Å². The van der Waals surface area contributed by atoms with Crippen LogP contribution in [0.1, 0.15) is 219 Å². The third-order valence-electron chi connectivity index (χ3n) is 9.12. The minimum absolute atomic E-state index is 0.0291. The number of aliphatic hydroxyl groups excluding tert-OH is 2. The summed E-state index contributed by atoms with van der Waals surface area (Å²) in [6, 6.07) is -0.527. The topological polar surface area (TPSA) is 69.6 Å². The zero-order valence-corrected chi connectivity index (χ0v) is 28.8.